The summed E-state index contributed by atoms with van der Waals surface area (Å²) in [6, 6.07) is 15.2. The molecule has 0 aliphatic carbocycles. The number of carbonyl (C=O) groups is 2. The highest BCUT2D eigenvalue weighted by molar-refractivity contribution is 5.94. The van der Waals surface area contributed by atoms with Gasteiger partial charge in [-0.05, 0) is 42.3 Å². The monoisotopic (exact) mass is 401 g/mol. The van der Waals surface area contributed by atoms with E-state index in [0.717, 1.165) is 11.1 Å². The molecule has 1 N–H and O–H groups in total. The van der Waals surface area contributed by atoms with Crippen molar-refractivity contribution in [2.45, 2.75) is 13.0 Å². The molecular formula is C23H23N5O2. The molecule has 30 heavy (non-hydrogen) atoms. The smallest absolute Gasteiger partial charge is 0.274 e. The van der Waals surface area contributed by atoms with E-state index in [1.165, 1.54) is 0 Å². The van der Waals surface area contributed by atoms with Gasteiger partial charge in [-0.1, -0.05) is 24.3 Å². The summed E-state index contributed by atoms with van der Waals surface area (Å²) in [5.41, 5.74) is 3.27. The highest BCUT2D eigenvalue weighted by Gasteiger charge is 2.50. The summed E-state index contributed by atoms with van der Waals surface area (Å²) >= 11 is 0. The van der Waals surface area contributed by atoms with Crippen LogP contribution in [-0.4, -0.2) is 56.4 Å². The van der Waals surface area contributed by atoms with Gasteiger partial charge in [-0.25, -0.2) is 0 Å². The van der Waals surface area contributed by atoms with Crippen molar-refractivity contribution in [3.8, 4) is 0 Å². The molecule has 5 rings (SSSR count). The number of nitrogens with one attached hydrogen (secondary N) is 1. The number of H-pyrrole nitrogens is 1. The maximum atomic E-state index is 13.3. The van der Waals surface area contributed by atoms with Crippen molar-refractivity contribution in [3.63, 3.8) is 0 Å². The minimum atomic E-state index is -0.0942. The van der Waals surface area contributed by atoms with Gasteiger partial charge in [0.05, 0.1) is 6.04 Å². The normalized spacial score (nSPS) is 22.9. The van der Waals surface area contributed by atoms with Gasteiger partial charge in [-0.15, -0.1) is 5.10 Å². The molecule has 2 fully saturated rings. The number of aryl methyl sites for hydroxylation is 1. The SMILES string of the molecule is Cc1ccccc1[C@@H]1[C@H]2CN(C(=O)c3cccnn3)C[C@H]2CN1C(=O)c1ccc[nH]1. The molecular weight excluding hydrogens is 378 g/mol. The predicted octanol–water partition coefficient (Wildman–Crippen LogP) is 2.70. The van der Waals surface area contributed by atoms with Crippen LogP contribution in [0.3, 0.4) is 0 Å². The molecule has 7 nitrogen and oxygen atoms in total. The van der Waals surface area contributed by atoms with Crippen molar-refractivity contribution in [1.29, 1.82) is 0 Å². The van der Waals surface area contributed by atoms with Crippen LogP contribution in [0, 0.1) is 18.8 Å². The van der Waals surface area contributed by atoms with Gasteiger partial charge in [-0.3, -0.25) is 9.59 Å². The standard InChI is InChI=1S/C23H23N5O2/c1-15-6-2-3-7-17(15)21-18-14-27(22(29)20-9-5-11-25-26-20)12-16(18)13-28(21)23(30)19-8-4-10-24-19/h2-11,16,18,21,24H,12-14H2,1H3/t16-,18-,21+/m0/s1. The molecule has 7 heteroatoms. The molecule has 4 heterocycles. The lowest BCUT2D eigenvalue weighted by molar-refractivity contribution is 0.0670. The molecule has 152 valence electrons. The number of benzene rings is 1. The Kier molecular flexibility index (Phi) is 4.58. The number of carbonyl (C=O) groups excluding carboxylic acids is 2. The van der Waals surface area contributed by atoms with E-state index in [2.05, 4.69) is 34.2 Å². The molecule has 2 aliphatic rings. The second-order valence-corrected chi connectivity index (χ2v) is 8.09. The van der Waals surface area contributed by atoms with Crippen molar-refractivity contribution in [1.82, 2.24) is 25.0 Å². The third kappa shape index (κ3) is 3.07. The fraction of sp³-hybridized carbons (Fsp3) is 0.304. The largest absolute Gasteiger partial charge is 0.357 e. The Morgan fingerprint density at radius 1 is 1.00 bits per heavy atom. The summed E-state index contributed by atoms with van der Waals surface area (Å²) in [6.07, 6.45) is 3.34. The van der Waals surface area contributed by atoms with Crippen molar-refractivity contribution in [2.24, 2.45) is 11.8 Å². The van der Waals surface area contributed by atoms with Crippen LogP contribution in [0.4, 0.5) is 0 Å². The zero-order chi connectivity index (χ0) is 20.7. The summed E-state index contributed by atoms with van der Waals surface area (Å²) in [5.74, 6) is 0.331. The lowest BCUT2D eigenvalue weighted by Gasteiger charge is -2.30. The van der Waals surface area contributed by atoms with Crippen molar-refractivity contribution in [3.05, 3.63) is 83.4 Å². The predicted molar refractivity (Wildman–Crippen MR) is 111 cm³/mol. The van der Waals surface area contributed by atoms with E-state index in [-0.39, 0.29) is 29.7 Å². The molecule has 2 aromatic heterocycles. The average Bonchev–Trinajstić information content (AvgIpc) is 3.50. The minimum absolute atomic E-state index is 0.00876. The molecule has 0 spiro atoms. The molecule has 1 aromatic carbocycles. The Balaban J connectivity index is 1.46. The summed E-state index contributed by atoms with van der Waals surface area (Å²) in [6.45, 7) is 3.94. The van der Waals surface area contributed by atoms with Gasteiger partial charge < -0.3 is 14.8 Å². The topological polar surface area (TPSA) is 82.2 Å². The van der Waals surface area contributed by atoms with E-state index in [0.29, 0.717) is 31.0 Å². The van der Waals surface area contributed by atoms with E-state index in [1.54, 1.807) is 24.5 Å². The second-order valence-electron chi connectivity index (χ2n) is 8.09. The number of likely N-dealkylation sites (tertiary alicyclic amines) is 2. The van der Waals surface area contributed by atoms with E-state index in [1.807, 2.05) is 34.1 Å². The fourth-order valence-electron chi connectivity index (χ4n) is 4.93. The number of hydrogen-bond donors (Lipinski definition) is 1. The Morgan fingerprint density at radius 2 is 1.87 bits per heavy atom. The summed E-state index contributed by atoms with van der Waals surface area (Å²) < 4.78 is 0. The van der Waals surface area contributed by atoms with Crippen LogP contribution in [0.5, 0.6) is 0 Å². The van der Waals surface area contributed by atoms with Crippen LogP contribution in [-0.2, 0) is 0 Å². The molecule has 3 aromatic rings. The number of fused-ring (bicyclic) bond motifs is 1. The van der Waals surface area contributed by atoms with E-state index >= 15 is 0 Å². The van der Waals surface area contributed by atoms with Crippen molar-refractivity contribution < 1.29 is 9.59 Å². The molecule has 2 saturated heterocycles. The van der Waals surface area contributed by atoms with Gasteiger partial charge in [0.25, 0.3) is 11.8 Å². The maximum absolute atomic E-state index is 13.3. The van der Waals surface area contributed by atoms with Crippen LogP contribution in [0.2, 0.25) is 0 Å². The zero-order valence-corrected chi connectivity index (χ0v) is 16.7. The first-order valence-corrected chi connectivity index (χ1v) is 10.2. The molecule has 0 saturated carbocycles. The first-order chi connectivity index (χ1) is 14.6. The van der Waals surface area contributed by atoms with Gasteiger partial charge in [0.2, 0.25) is 0 Å². The molecule has 0 unspecified atom stereocenters. The number of hydrogen-bond acceptors (Lipinski definition) is 4. The lowest BCUT2D eigenvalue weighted by atomic mass is 9.87. The van der Waals surface area contributed by atoms with Gasteiger partial charge in [0.1, 0.15) is 5.69 Å². The highest BCUT2D eigenvalue weighted by Crippen LogP contribution is 2.46. The van der Waals surface area contributed by atoms with Crippen LogP contribution in [0.25, 0.3) is 0 Å². The highest BCUT2D eigenvalue weighted by atomic mass is 16.2. The third-order valence-electron chi connectivity index (χ3n) is 6.34. The summed E-state index contributed by atoms with van der Waals surface area (Å²) in [7, 11) is 0. The molecule has 0 radical (unpaired) electrons. The summed E-state index contributed by atoms with van der Waals surface area (Å²) in [5, 5.41) is 7.81. The van der Waals surface area contributed by atoms with Crippen LogP contribution < -0.4 is 0 Å². The quantitative estimate of drug-likeness (QED) is 0.732. The Bertz CT molecular complexity index is 1070. The Labute approximate surface area is 174 Å². The number of aromatic nitrogens is 3. The Hall–Kier alpha value is -3.48. The first-order valence-electron chi connectivity index (χ1n) is 10.2. The van der Waals surface area contributed by atoms with Gasteiger partial charge in [-0.2, -0.15) is 5.10 Å². The van der Waals surface area contributed by atoms with Crippen LogP contribution >= 0.6 is 0 Å². The second kappa shape index (κ2) is 7.40. The first kappa shape index (κ1) is 18.5. The number of amides is 2. The van der Waals surface area contributed by atoms with Gasteiger partial charge >= 0.3 is 0 Å². The third-order valence-corrected chi connectivity index (χ3v) is 6.34. The van der Waals surface area contributed by atoms with Crippen molar-refractivity contribution in [2.75, 3.05) is 19.6 Å². The van der Waals surface area contributed by atoms with Crippen LogP contribution in [0.15, 0.2) is 60.9 Å². The van der Waals surface area contributed by atoms with E-state index in [4.69, 9.17) is 0 Å². The van der Waals surface area contributed by atoms with Crippen LogP contribution in [0.1, 0.15) is 38.1 Å². The molecule has 2 amide bonds. The number of rotatable bonds is 3. The zero-order valence-electron chi connectivity index (χ0n) is 16.7. The van der Waals surface area contributed by atoms with E-state index in [9.17, 15) is 9.59 Å². The molecule has 0 bridgehead atoms. The number of nitrogens with zero attached hydrogens (tertiary/aromatic N) is 4. The fourth-order valence-corrected chi connectivity index (χ4v) is 4.93. The van der Waals surface area contributed by atoms with Gasteiger partial charge in [0, 0.05) is 43.9 Å². The number of aromatic amines is 1. The van der Waals surface area contributed by atoms with Crippen molar-refractivity contribution >= 4 is 11.8 Å². The Morgan fingerprint density at radius 3 is 2.60 bits per heavy atom. The van der Waals surface area contributed by atoms with Gasteiger partial charge in [0.15, 0.2) is 5.69 Å². The minimum Gasteiger partial charge on any atom is -0.357 e. The molecule has 3 atom stereocenters. The average molecular weight is 401 g/mol. The maximum Gasteiger partial charge on any atom is 0.274 e. The molecule has 2 aliphatic heterocycles. The summed E-state index contributed by atoms with van der Waals surface area (Å²) in [4.78, 5) is 33.1. The lowest BCUT2D eigenvalue weighted by Crippen LogP contribution is -2.38. The van der Waals surface area contributed by atoms with E-state index < -0.39 is 0 Å².